The number of allylic oxidation sites excluding steroid dienone is 2. The van der Waals surface area contributed by atoms with Crippen LogP contribution in [0.15, 0.2) is 72.8 Å². The first kappa shape index (κ1) is 22.2. The first-order chi connectivity index (χ1) is 16.9. The van der Waals surface area contributed by atoms with Gasteiger partial charge in [0.2, 0.25) is 0 Å². The number of hydrogen-bond donors (Lipinski definition) is 0. The molecule has 2 aromatic carbocycles. The molecule has 0 N–H and O–H groups in total. The fraction of sp³-hybridized carbons (Fsp3) is 0.312. The Balaban J connectivity index is 1.23. The summed E-state index contributed by atoms with van der Waals surface area (Å²) >= 11 is 0. The molecule has 0 saturated carbocycles. The first-order valence-electron chi connectivity index (χ1n) is 13.1. The molecule has 0 bridgehead atoms. The van der Waals surface area contributed by atoms with E-state index in [4.69, 9.17) is 0 Å². The SMILES string of the molecule is C(=C\Cc1[pH]c(-c2ccccc2)c2c1CCCC2)/Cc1[pH]c(-c2ccccc2)c2c1CCCC2. The van der Waals surface area contributed by atoms with E-state index in [2.05, 4.69) is 72.8 Å². The predicted octanol–water partition coefficient (Wildman–Crippen LogP) is 9.18. The number of hydrogen-bond acceptors (Lipinski definition) is 0. The molecule has 0 amide bonds. The zero-order chi connectivity index (χ0) is 22.7. The number of benzene rings is 2. The van der Waals surface area contributed by atoms with Crippen LogP contribution < -0.4 is 0 Å². The highest BCUT2D eigenvalue weighted by Crippen LogP contribution is 2.45. The highest BCUT2D eigenvalue weighted by atomic mass is 31.0. The molecule has 2 aromatic heterocycles. The Morgan fingerprint density at radius 2 is 0.882 bits per heavy atom. The highest BCUT2D eigenvalue weighted by Gasteiger charge is 2.21. The molecular weight excluding hydrogens is 446 g/mol. The summed E-state index contributed by atoms with van der Waals surface area (Å²) in [5.74, 6) is 0. The van der Waals surface area contributed by atoms with Crippen LogP contribution in [-0.2, 0) is 38.5 Å². The molecule has 2 heterocycles. The van der Waals surface area contributed by atoms with Crippen LogP contribution in [0.3, 0.4) is 0 Å². The second-order valence-corrected chi connectivity index (χ2v) is 12.6. The molecule has 0 saturated heterocycles. The van der Waals surface area contributed by atoms with Gasteiger partial charge < -0.3 is 0 Å². The van der Waals surface area contributed by atoms with Crippen LogP contribution in [0.1, 0.15) is 58.5 Å². The zero-order valence-electron chi connectivity index (χ0n) is 20.0. The highest BCUT2D eigenvalue weighted by molar-refractivity contribution is 7.35. The molecule has 0 aliphatic heterocycles. The van der Waals surface area contributed by atoms with E-state index >= 15 is 0 Å². The van der Waals surface area contributed by atoms with Crippen molar-refractivity contribution in [1.82, 2.24) is 0 Å². The van der Waals surface area contributed by atoms with Gasteiger partial charge in [0.1, 0.15) is 0 Å². The van der Waals surface area contributed by atoms with Gasteiger partial charge in [0.05, 0.1) is 0 Å². The lowest BCUT2D eigenvalue weighted by atomic mass is 9.90. The van der Waals surface area contributed by atoms with Crippen molar-refractivity contribution < 1.29 is 0 Å². The maximum absolute atomic E-state index is 2.50. The molecule has 4 aromatic rings. The third-order valence-electron chi connectivity index (χ3n) is 7.76. The molecule has 6 rings (SSSR count). The van der Waals surface area contributed by atoms with Gasteiger partial charge in [-0.25, -0.2) is 0 Å². The second-order valence-electron chi connectivity index (χ2n) is 9.90. The summed E-state index contributed by atoms with van der Waals surface area (Å²) in [4.78, 5) is 0. The zero-order valence-corrected chi connectivity index (χ0v) is 22.0. The first-order valence-corrected chi connectivity index (χ1v) is 15.1. The fourth-order valence-electron chi connectivity index (χ4n) is 6.09. The molecule has 2 unspecified atom stereocenters. The van der Waals surface area contributed by atoms with E-state index in [-0.39, 0.29) is 0 Å². The predicted molar refractivity (Wildman–Crippen MR) is 153 cm³/mol. The molecule has 0 nitrogen and oxygen atoms in total. The number of rotatable bonds is 6. The van der Waals surface area contributed by atoms with Gasteiger partial charge in [-0.1, -0.05) is 72.8 Å². The monoisotopic (exact) mass is 480 g/mol. The van der Waals surface area contributed by atoms with Crippen LogP contribution in [-0.4, -0.2) is 0 Å². The van der Waals surface area contributed by atoms with E-state index in [9.17, 15) is 0 Å². The van der Waals surface area contributed by atoms with Crippen LogP contribution in [0.25, 0.3) is 21.7 Å². The van der Waals surface area contributed by atoms with E-state index in [0.29, 0.717) is 0 Å². The molecule has 2 aliphatic carbocycles. The van der Waals surface area contributed by atoms with Crippen molar-refractivity contribution in [2.75, 3.05) is 0 Å². The van der Waals surface area contributed by atoms with Crippen LogP contribution in [0.4, 0.5) is 0 Å². The summed E-state index contributed by atoms with van der Waals surface area (Å²) in [6.07, 6.45) is 17.9. The third kappa shape index (κ3) is 4.40. The summed E-state index contributed by atoms with van der Waals surface area (Å²) in [5.41, 5.74) is 9.76. The summed E-state index contributed by atoms with van der Waals surface area (Å²) in [6, 6.07) is 22.3. The molecule has 172 valence electrons. The van der Waals surface area contributed by atoms with Crippen LogP contribution in [0.5, 0.6) is 0 Å². The molecule has 2 heteroatoms. The molecule has 2 atom stereocenters. The fourth-order valence-corrected chi connectivity index (χ4v) is 9.46. The lowest BCUT2D eigenvalue weighted by Gasteiger charge is -2.15. The third-order valence-corrected chi connectivity index (χ3v) is 11.1. The van der Waals surface area contributed by atoms with Crippen LogP contribution in [0, 0.1) is 0 Å². The largest absolute Gasteiger partial charge is 0.127 e. The van der Waals surface area contributed by atoms with E-state index in [0.717, 1.165) is 29.2 Å². The van der Waals surface area contributed by atoms with E-state index in [1.807, 2.05) is 0 Å². The van der Waals surface area contributed by atoms with Crippen molar-refractivity contribution in [3.05, 3.63) is 106 Å². The second kappa shape index (κ2) is 10.2. The molecule has 2 aliphatic rings. The van der Waals surface area contributed by atoms with Crippen molar-refractivity contribution >= 4 is 16.4 Å². The molecule has 0 fully saturated rings. The summed E-state index contributed by atoms with van der Waals surface area (Å²) in [7, 11) is 1.74. The van der Waals surface area contributed by atoms with Crippen molar-refractivity contribution in [1.29, 1.82) is 0 Å². The Hall–Kier alpha value is -2.26. The maximum atomic E-state index is 2.50. The lowest BCUT2D eigenvalue weighted by molar-refractivity contribution is 0.687. The molecular formula is C32H34P2. The maximum Gasteiger partial charge on any atom is 0.00194 e. The minimum atomic E-state index is 0.868. The Morgan fingerprint density at radius 3 is 1.29 bits per heavy atom. The Morgan fingerprint density at radius 1 is 0.500 bits per heavy atom. The molecule has 0 radical (unpaired) electrons. The van der Waals surface area contributed by atoms with Crippen molar-refractivity contribution in [3.63, 3.8) is 0 Å². The minimum Gasteiger partial charge on any atom is -0.127 e. The summed E-state index contributed by atoms with van der Waals surface area (Å²) in [5, 5.41) is 6.73. The van der Waals surface area contributed by atoms with Gasteiger partial charge in [0.15, 0.2) is 0 Å². The van der Waals surface area contributed by atoms with E-state index in [1.165, 1.54) is 62.5 Å². The number of fused-ring (bicyclic) bond motifs is 2. The Bertz CT molecular complexity index is 1190. The van der Waals surface area contributed by atoms with Crippen molar-refractivity contribution in [2.45, 2.75) is 64.2 Å². The average Bonchev–Trinajstić information content (AvgIpc) is 3.47. The normalized spacial score (nSPS) is 15.9. The van der Waals surface area contributed by atoms with Gasteiger partial charge in [-0.2, -0.15) is 0 Å². The summed E-state index contributed by atoms with van der Waals surface area (Å²) in [6.45, 7) is 0. The topological polar surface area (TPSA) is 0 Å². The quantitative estimate of drug-likeness (QED) is 0.241. The van der Waals surface area contributed by atoms with Crippen molar-refractivity contribution in [2.24, 2.45) is 0 Å². The standard InChI is InChI=1S/C32H34P2/c1-3-13-23(14-4-1)31-27-19-9-7-17-25(27)29(33-31)21-11-12-22-30-26-18-8-10-20-28(26)32(34-30)24-15-5-2-6-16-24/h1-6,11-16,33-34H,7-10,17-22H2/b12-11+. The summed E-state index contributed by atoms with van der Waals surface area (Å²) < 4.78 is 0. The minimum absolute atomic E-state index is 0.868. The Kier molecular flexibility index (Phi) is 6.64. The van der Waals surface area contributed by atoms with E-state index < -0.39 is 0 Å². The van der Waals surface area contributed by atoms with Crippen LogP contribution >= 0.6 is 16.4 Å². The lowest BCUT2D eigenvalue weighted by Crippen LogP contribution is -2.02. The van der Waals surface area contributed by atoms with Gasteiger partial charge in [-0.3, -0.25) is 0 Å². The van der Waals surface area contributed by atoms with Crippen LogP contribution in [0.2, 0.25) is 0 Å². The molecule has 34 heavy (non-hydrogen) atoms. The van der Waals surface area contributed by atoms with Crippen molar-refractivity contribution in [3.8, 4) is 21.7 Å². The van der Waals surface area contributed by atoms with Gasteiger partial charge in [-0.05, 0) is 108 Å². The van der Waals surface area contributed by atoms with Gasteiger partial charge in [0.25, 0.3) is 0 Å². The smallest absolute Gasteiger partial charge is 0.00194 e. The van der Waals surface area contributed by atoms with E-state index in [1.54, 1.807) is 43.4 Å². The van der Waals surface area contributed by atoms with Gasteiger partial charge in [-0.15, -0.1) is 16.4 Å². The van der Waals surface area contributed by atoms with Gasteiger partial charge in [0, 0.05) is 10.6 Å². The average molecular weight is 481 g/mol. The molecule has 0 spiro atoms. The van der Waals surface area contributed by atoms with Gasteiger partial charge >= 0.3 is 0 Å². The Labute approximate surface area is 207 Å².